The summed E-state index contributed by atoms with van der Waals surface area (Å²) in [6.07, 6.45) is 6.46. The Morgan fingerprint density at radius 2 is 2.15 bits per heavy atom. The SMILES string of the molecule is CCC(C)(C(Cc1cccnc1N)NC)N1CCCC1. The van der Waals surface area contributed by atoms with Crippen LogP contribution in [0.5, 0.6) is 0 Å². The zero-order chi connectivity index (χ0) is 14.6. The molecule has 0 radical (unpaired) electrons. The van der Waals surface area contributed by atoms with Crippen molar-refractivity contribution in [2.75, 3.05) is 25.9 Å². The van der Waals surface area contributed by atoms with E-state index in [-0.39, 0.29) is 5.54 Å². The molecule has 4 nitrogen and oxygen atoms in total. The Morgan fingerprint density at radius 3 is 2.70 bits per heavy atom. The molecule has 2 rings (SSSR count). The summed E-state index contributed by atoms with van der Waals surface area (Å²) in [7, 11) is 2.06. The van der Waals surface area contributed by atoms with Gasteiger partial charge in [-0.2, -0.15) is 0 Å². The van der Waals surface area contributed by atoms with Crippen LogP contribution in [-0.4, -0.2) is 41.6 Å². The molecule has 0 bridgehead atoms. The maximum atomic E-state index is 6.01. The van der Waals surface area contributed by atoms with Crippen LogP contribution in [-0.2, 0) is 6.42 Å². The number of aromatic nitrogens is 1. The van der Waals surface area contributed by atoms with Crippen LogP contribution >= 0.6 is 0 Å². The van der Waals surface area contributed by atoms with Gasteiger partial charge in [-0.15, -0.1) is 0 Å². The van der Waals surface area contributed by atoms with Gasteiger partial charge >= 0.3 is 0 Å². The lowest BCUT2D eigenvalue weighted by atomic mass is 9.83. The van der Waals surface area contributed by atoms with E-state index in [1.165, 1.54) is 25.9 Å². The molecule has 1 fully saturated rings. The molecule has 0 aliphatic carbocycles. The lowest BCUT2D eigenvalue weighted by molar-refractivity contribution is 0.0873. The molecule has 2 atom stereocenters. The third kappa shape index (κ3) is 2.96. The van der Waals surface area contributed by atoms with Gasteiger partial charge in [0, 0.05) is 17.8 Å². The lowest BCUT2D eigenvalue weighted by Gasteiger charge is -2.44. The fourth-order valence-electron chi connectivity index (χ4n) is 3.39. The molecule has 1 aromatic rings. The topological polar surface area (TPSA) is 54.2 Å². The van der Waals surface area contributed by atoms with Crippen molar-refractivity contribution in [2.24, 2.45) is 0 Å². The summed E-state index contributed by atoms with van der Waals surface area (Å²) >= 11 is 0. The normalized spacial score (nSPS) is 20.8. The average Bonchev–Trinajstić information content (AvgIpc) is 3.00. The van der Waals surface area contributed by atoms with Gasteiger partial charge in [0.15, 0.2) is 0 Å². The first-order valence-electron chi connectivity index (χ1n) is 7.73. The molecule has 0 amide bonds. The van der Waals surface area contributed by atoms with Gasteiger partial charge in [-0.05, 0) is 64.4 Å². The Hall–Kier alpha value is -1.13. The second kappa shape index (κ2) is 6.55. The molecule has 0 aromatic carbocycles. The van der Waals surface area contributed by atoms with Crippen molar-refractivity contribution in [1.82, 2.24) is 15.2 Å². The molecule has 4 heteroatoms. The summed E-state index contributed by atoms with van der Waals surface area (Å²) in [6, 6.07) is 4.45. The van der Waals surface area contributed by atoms with E-state index < -0.39 is 0 Å². The van der Waals surface area contributed by atoms with Crippen LogP contribution in [0, 0.1) is 0 Å². The number of nitrogens with one attached hydrogen (secondary N) is 1. The third-order valence-electron chi connectivity index (χ3n) is 4.99. The van der Waals surface area contributed by atoms with Crippen LogP contribution in [0.4, 0.5) is 5.82 Å². The number of nitrogen functional groups attached to an aromatic ring is 1. The van der Waals surface area contributed by atoms with Crippen molar-refractivity contribution in [3.8, 4) is 0 Å². The van der Waals surface area contributed by atoms with Crippen LogP contribution in [0.1, 0.15) is 38.7 Å². The van der Waals surface area contributed by atoms with Gasteiger partial charge in [0.05, 0.1) is 0 Å². The van der Waals surface area contributed by atoms with E-state index in [1.54, 1.807) is 6.20 Å². The standard InChI is InChI=1S/C16H28N4/c1-4-16(2,20-10-5-6-11-20)14(18-3)12-13-8-7-9-19-15(13)17/h7-9,14,18H,4-6,10-12H2,1-3H3,(H2,17,19). The van der Waals surface area contributed by atoms with Crippen molar-refractivity contribution in [2.45, 2.75) is 51.1 Å². The van der Waals surface area contributed by atoms with Gasteiger partial charge in [-0.3, -0.25) is 4.90 Å². The molecule has 2 unspecified atom stereocenters. The minimum Gasteiger partial charge on any atom is -0.383 e. The van der Waals surface area contributed by atoms with Crippen molar-refractivity contribution in [1.29, 1.82) is 0 Å². The Bertz CT molecular complexity index is 428. The fraction of sp³-hybridized carbons (Fsp3) is 0.688. The predicted octanol–water partition coefficient (Wildman–Crippen LogP) is 2.06. The summed E-state index contributed by atoms with van der Waals surface area (Å²) < 4.78 is 0. The molecular weight excluding hydrogens is 248 g/mol. The van der Waals surface area contributed by atoms with Gasteiger partial charge in [-0.25, -0.2) is 4.98 Å². The Morgan fingerprint density at radius 1 is 1.45 bits per heavy atom. The summed E-state index contributed by atoms with van der Waals surface area (Å²) in [5.41, 5.74) is 7.33. The van der Waals surface area contributed by atoms with Crippen molar-refractivity contribution in [3.05, 3.63) is 23.9 Å². The van der Waals surface area contributed by atoms with E-state index in [0.717, 1.165) is 18.4 Å². The number of nitrogens with zero attached hydrogens (tertiary/aromatic N) is 2. The number of anilines is 1. The maximum Gasteiger partial charge on any atom is 0.126 e. The summed E-state index contributed by atoms with van der Waals surface area (Å²) in [5, 5.41) is 3.52. The molecule has 0 saturated carbocycles. The highest BCUT2D eigenvalue weighted by molar-refractivity contribution is 5.39. The maximum absolute atomic E-state index is 6.01. The molecule has 2 heterocycles. The molecule has 1 aromatic heterocycles. The first-order valence-corrected chi connectivity index (χ1v) is 7.73. The monoisotopic (exact) mass is 276 g/mol. The molecule has 1 aliphatic rings. The van der Waals surface area contributed by atoms with Crippen molar-refractivity contribution in [3.63, 3.8) is 0 Å². The number of nitrogens with two attached hydrogens (primary N) is 1. The second-order valence-electron chi connectivity index (χ2n) is 6.00. The van der Waals surface area contributed by atoms with E-state index >= 15 is 0 Å². The van der Waals surface area contributed by atoms with E-state index in [2.05, 4.69) is 42.2 Å². The van der Waals surface area contributed by atoms with Crippen LogP contribution in [0.25, 0.3) is 0 Å². The number of pyridine rings is 1. The summed E-state index contributed by atoms with van der Waals surface area (Å²) in [4.78, 5) is 6.85. The number of likely N-dealkylation sites (N-methyl/N-ethyl adjacent to an activating group) is 1. The van der Waals surface area contributed by atoms with Gasteiger partial charge in [0.1, 0.15) is 5.82 Å². The predicted molar refractivity (Wildman–Crippen MR) is 84.7 cm³/mol. The lowest BCUT2D eigenvalue weighted by Crippen LogP contribution is -2.58. The number of likely N-dealkylation sites (tertiary alicyclic amines) is 1. The molecule has 3 N–H and O–H groups in total. The number of hydrogen-bond donors (Lipinski definition) is 2. The van der Waals surface area contributed by atoms with Crippen LogP contribution in [0.15, 0.2) is 18.3 Å². The quantitative estimate of drug-likeness (QED) is 0.835. The largest absolute Gasteiger partial charge is 0.383 e. The number of hydrogen-bond acceptors (Lipinski definition) is 4. The fourth-order valence-corrected chi connectivity index (χ4v) is 3.39. The highest BCUT2D eigenvalue weighted by atomic mass is 15.2. The summed E-state index contributed by atoms with van der Waals surface area (Å²) in [6.45, 7) is 7.09. The minimum absolute atomic E-state index is 0.174. The van der Waals surface area contributed by atoms with Gasteiger partial charge in [-0.1, -0.05) is 13.0 Å². The van der Waals surface area contributed by atoms with Gasteiger partial charge in [0.2, 0.25) is 0 Å². The van der Waals surface area contributed by atoms with Crippen molar-refractivity contribution < 1.29 is 0 Å². The zero-order valence-electron chi connectivity index (χ0n) is 13.0. The average molecular weight is 276 g/mol. The molecule has 20 heavy (non-hydrogen) atoms. The third-order valence-corrected chi connectivity index (χ3v) is 4.99. The van der Waals surface area contributed by atoms with E-state index in [1.807, 2.05) is 6.07 Å². The highest BCUT2D eigenvalue weighted by Crippen LogP contribution is 2.30. The highest BCUT2D eigenvalue weighted by Gasteiger charge is 2.38. The first-order chi connectivity index (χ1) is 9.61. The van der Waals surface area contributed by atoms with E-state index in [0.29, 0.717) is 11.9 Å². The first kappa shape index (κ1) is 15.3. The summed E-state index contributed by atoms with van der Waals surface area (Å²) in [5.74, 6) is 0.660. The van der Waals surface area contributed by atoms with Gasteiger partial charge in [0.25, 0.3) is 0 Å². The smallest absolute Gasteiger partial charge is 0.126 e. The molecule has 1 saturated heterocycles. The van der Waals surface area contributed by atoms with Gasteiger partial charge < -0.3 is 11.1 Å². The minimum atomic E-state index is 0.174. The number of rotatable bonds is 6. The zero-order valence-corrected chi connectivity index (χ0v) is 13.0. The molecule has 0 spiro atoms. The van der Waals surface area contributed by atoms with Crippen molar-refractivity contribution >= 4 is 5.82 Å². The second-order valence-corrected chi connectivity index (χ2v) is 6.00. The van der Waals surface area contributed by atoms with E-state index in [9.17, 15) is 0 Å². The van der Waals surface area contributed by atoms with Crippen LogP contribution < -0.4 is 11.1 Å². The molecule has 112 valence electrons. The Balaban J connectivity index is 2.19. The van der Waals surface area contributed by atoms with Crippen LogP contribution in [0.2, 0.25) is 0 Å². The molecular formula is C16H28N4. The molecule has 1 aliphatic heterocycles. The Labute approximate surface area is 122 Å². The Kier molecular flexibility index (Phi) is 5.00. The van der Waals surface area contributed by atoms with E-state index in [4.69, 9.17) is 5.73 Å². The van der Waals surface area contributed by atoms with Crippen LogP contribution in [0.3, 0.4) is 0 Å².